The Morgan fingerprint density at radius 3 is 2.35 bits per heavy atom. The Balaban J connectivity index is 2.92. The maximum absolute atomic E-state index is 13.6. The quantitative estimate of drug-likeness (QED) is 0.758. The third-order valence-corrected chi connectivity index (χ3v) is 2.69. The van der Waals surface area contributed by atoms with Gasteiger partial charge in [-0.05, 0) is 24.6 Å². The SMILES string of the molecule is Cc1ccc(C(=O)N(CCCl)CCCl)c(F)c1. The van der Waals surface area contributed by atoms with E-state index in [4.69, 9.17) is 23.2 Å². The van der Waals surface area contributed by atoms with E-state index in [0.29, 0.717) is 24.8 Å². The molecule has 1 amide bonds. The van der Waals surface area contributed by atoms with E-state index in [-0.39, 0.29) is 11.5 Å². The summed E-state index contributed by atoms with van der Waals surface area (Å²) in [6, 6.07) is 4.53. The van der Waals surface area contributed by atoms with Gasteiger partial charge in [-0.15, -0.1) is 23.2 Å². The Hall–Kier alpha value is -0.800. The van der Waals surface area contributed by atoms with E-state index in [1.54, 1.807) is 13.0 Å². The van der Waals surface area contributed by atoms with E-state index in [1.807, 2.05) is 0 Å². The molecule has 5 heteroatoms. The molecule has 0 radical (unpaired) electrons. The number of amides is 1. The average Bonchev–Trinajstić information content (AvgIpc) is 2.28. The minimum Gasteiger partial charge on any atom is -0.336 e. The molecule has 0 saturated carbocycles. The van der Waals surface area contributed by atoms with Gasteiger partial charge >= 0.3 is 0 Å². The van der Waals surface area contributed by atoms with Gasteiger partial charge in [0.2, 0.25) is 0 Å². The molecule has 0 aliphatic carbocycles. The van der Waals surface area contributed by atoms with Crippen LogP contribution in [0.4, 0.5) is 4.39 Å². The van der Waals surface area contributed by atoms with Gasteiger partial charge in [0.15, 0.2) is 0 Å². The molecule has 0 saturated heterocycles. The van der Waals surface area contributed by atoms with Crippen LogP contribution in [-0.4, -0.2) is 35.7 Å². The van der Waals surface area contributed by atoms with Crippen molar-refractivity contribution in [2.75, 3.05) is 24.8 Å². The minimum atomic E-state index is -0.510. The molecular weight excluding hydrogens is 264 g/mol. The first-order valence-electron chi connectivity index (χ1n) is 5.27. The first-order chi connectivity index (χ1) is 8.10. The largest absolute Gasteiger partial charge is 0.336 e. The number of nitrogens with zero attached hydrogens (tertiary/aromatic N) is 1. The van der Waals surface area contributed by atoms with Crippen molar-refractivity contribution in [2.45, 2.75) is 6.92 Å². The van der Waals surface area contributed by atoms with Gasteiger partial charge in [-0.2, -0.15) is 0 Å². The van der Waals surface area contributed by atoms with Gasteiger partial charge in [-0.25, -0.2) is 4.39 Å². The molecule has 0 heterocycles. The second kappa shape index (κ2) is 6.82. The predicted octanol–water partition coefficient (Wildman–Crippen LogP) is 3.05. The van der Waals surface area contributed by atoms with Gasteiger partial charge in [0, 0.05) is 24.8 Å². The topological polar surface area (TPSA) is 20.3 Å². The maximum Gasteiger partial charge on any atom is 0.256 e. The summed E-state index contributed by atoms with van der Waals surface area (Å²) in [6.07, 6.45) is 0. The summed E-state index contributed by atoms with van der Waals surface area (Å²) >= 11 is 11.2. The van der Waals surface area contributed by atoms with Gasteiger partial charge in [-0.1, -0.05) is 6.07 Å². The first-order valence-corrected chi connectivity index (χ1v) is 6.34. The lowest BCUT2D eigenvalue weighted by atomic mass is 10.1. The molecule has 0 fully saturated rings. The minimum absolute atomic E-state index is 0.0610. The van der Waals surface area contributed by atoms with Gasteiger partial charge < -0.3 is 4.90 Å². The molecule has 0 unspecified atom stereocenters. The molecule has 17 heavy (non-hydrogen) atoms. The van der Waals surface area contributed by atoms with Gasteiger partial charge in [0.05, 0.1) is 5.56 Å². The molecule has 1 rings (SSSR count). The van der Waals surface area contributed by atoms with Crippen molar-refractivity contribution in [1.29, 1.82) is 0 Å². The van der Waals surface area contributed by atoms with E-state index >= 15 is 0 Å². The predicted molar refractivity (Wildman–Crippen MR) is 68.5 cm³/mol. The number of rotatable bonds is 5. The van der Waals surface area contributed by atoms with Crippen molar-refractivity contribution in [2.24, 2.45) is 0 Å². The van der Waals surface area contributed by atoms with E-state index < -0.39 is 5.82 Å². The molecule has 1 aromatic rings. The molecule has 2 nitrogen and oxygen atoms in total. The molecule has 0 bridgehead atoms. The Bertz CT molecular complexity index is 392. The summed E-state index contributed by atoms with van der Waals surface area (Å²) in [6.45, 7) is 2.49. The molecule has 94 valence electrons. The number of aryl methyl sites for hydroxylation is 1. The van der Waals surface area contributed by atoms with Crippen LogP contribution in [0.25, 0.3) is 0 Å². The number of carbonyl (C=O) groups is 1. The molecular formula is C12H14Cl2FNO. The van der Waals surface area contributed by atoms with Crippen molar-refractivity contribution >= 4 is 29.1 Å². The number of alkyl halides is 2. The second-order valence-electron chi connectivity index (χ2n) is 3.65. The summed E-state index contributed by atoms with van der Waals surface area (Å²) in [4.78, 5) is 13.5. The Morgan fingerprint density at radius 1 is 1.29 bits per heavy atom. The van der Waals surface area contributed by atoms with Crippen LogP contribution in [0.2, 0.25) is 0 Å². The van der Waals surface area contributed by atoms with Crippen molar-refractivity contribution in [3.05, 3.63) is 35.1 Å². The fourth-order valence-corrected chi connectivity index (χ4v) is 1.89. The molecule has 0 atom stereocenters. The summed E-state index contributed by atoms with van der Waals surface area (Å²) in [7, 11) is 0. The van der Waals surface area contributed by atoms with Crippen LogP contribution in [-0.2, 0) is 0 Å². The van der Waals surface area contributed by atoms with E-state index in [9.17, 15) is 9.18 Å². The lowest BCUT2D eigenvalue weighted by Crippen LogP contribution is -2.35. The highest BCUT2D eigenvalue weighted by Crippen LogP contribution is 2.12. The average molecular weight is 278 g/mol. The fraction of sp³-hybridized carbons (Fsp3) is 0.417. The standard InChI is InChI=1S/C12H14Cl2FNO/c1-9-2-3-10(11(15)8-9)12(17)16(6-4-13)7-5-14/h2-3,8H,4-7H2,1H3. The normalized spacial score (nSPS) is 10.4. The van der Waals surface area contributed by atoms with Crippen LogP contribution in [0.3, 0.4) is 0 Å². The zero-order valence-corrected chi connectivity index (χ0v) is 11.1. The van der Waals surface area contributed by atoms with Crippen LogP contribution in [0.15, 0.2) is 18.2 Å². The third kappa shape index (κ3) is 3.86. The first kappa shape index (κ1) is 14.3. The summed E-state index contributed by atoms with van der Waals surface area (Å²) in [5.74, 6) is -0.278. The number of benzene rings is 1. The van der Waals surface area contributed by atoms with Crippen LogP contribution >= 0.6 is 23.2 Å². The lowest BCUT2D eigenvalue weighted by molar-refractivity contribution is 0.0770. The van der Waals surface area contributed by atoms with E-state index in [0.717, 1.165) is 5.56 Å². The molecule has 0 aromatic heterocycles. The van der Waals surface area contributed by atoms with Gasteiger partial charge in [0.1, 0.15) is 5.82 Å². The van der Waals surface area contributed by atoms with Crippen LogP contribution < -0.4 is 0 Å². The van der Waals surface area contributed by atoms with Gasteiger partial charge in [-0.3, -0.25) is 4.79 Å². The number of carbonyl (C=O) groups excluding carboxylic acids is 1. The van der Waals surface area contributed by atoms with Crippen molar-refractivity contribution < 1.29 is 9.18 Å². The fourth-order valence-electron chi connectivity index (χ4n) is 1.48. The summed E-state index contributed by atoms with van der Waals surface area (Å²) in [5.41, 5.74) is 0.839. The Kier molecular flexibility index (Phi) is 5.72. The van der Waals surface area contributed by atoms with E-state index in [2.05, 4.69) is 0 Å². The highest BCUT2D eigenvalue weighted by atomic mass is 35.5. The van der Waals surface area contributed by atoms with Crippen molar-refractivity contribution in [3.8, 4) is 0 Å². The number of hydrogen-bond acceptors (Lipinski definition) is 1. The number of halogens is 3. The zero-order chi connectivity index (χ0) is 12.8. The lowest BCUT2D eigenvalue weighted by Gasteiger charge is -2.20. The van der Waals surface area contributed by atoms with Crippen molar-refractivity contribution in [3.63, 3.8) is 0 Å². The highest BCUT2D eigenvalue weighted by molar-refractivity contribution is 6.18. The maximum atomic E-state index is 13.6. The smallest absolute Gasteiger partial charge is 0.256 e. The van der Waals surface area contributed by atoms with Crippen LogP contribution in [0, 0.1) is 12.7 Å². The van der Waals surface area contributed by atoms with Gasteiger partial charge in [0.25, 0.3) is 5.91 Å². The van der Waals surface area contributed by atoms with E-state index in [1.165, 1.54) is 17.0 Å². The monoisotopic (exact) mass is 277 g/mol. The molecule has 0 spiro atoms. The molecule has 1 aromatic carbocycles. The molecule has 0 aliphatic rings. The van der Waals surface area contributed by atoms with Crippen LogP contribution in [0.5, 0.6) is 0 Å². The van der Waals surface area contributed by atoms with Crippen LogP contribution in [0.1, 0.15) is 15.9 Å². The highest BCUT2D eigenvalue weighted by Gasteiger charge is 2.18. The third-order valence-electron chi connectivity index (χ3n) is 2.35. The summed E-state index contributed by atoms with van der Waals surface area (Å²) < 4.78 is 13.6. The Labute approximate surface area is 110 Å². The van der Waals surface area contributed by atoms with Crippen molar-refractivity contribution in [1.82, 2.24) is 4.90 Å². The summed E-state index contributed by atoms with van der Waals surface area (Å²) in [5, 5.41) is 0. The second-order valence-corrected chi connectivity index (χ2v) is 4.41. The number of hydrogen-bond donors (Lipinski definition) is 0. The molecule has 0 N–H and O–H groups in total. The molecule has 0 aliphatic heterocycles. The zero-order valence-electron chi connectivity index (χ0n) is 9.55. The Morgan fingerprint density at radius 2 is 1.88 bits per heavy atom.